The summed E-state index contributed by atoms with van der Waals surface area (Å²) in [6.07, 6.45) is 3.90. The summed E-state index contributed by atoms with van der Waals surface area (Å²) < 4.78 is 0. The number of benzene rings is 5. The molecule has 0 fully saturated rings. The fraction of sp³-hybridized carbons (Fsp3) is 0.346. The smallest absolute Gasteiger partial charge is 0.0701 e. The van der Waals surface area contributed by atoms with Crippen molar-refractivity contribution in [2.45, 2.75) is 121 Å². The quantitative estimate of drug-likeness (QED) is 0.0967. The van der Waals surface area contributed by atoms with E-state index in [1.54, 1.807) is 6.19 Å². The number of nitrogens with zero attached hydrogens (tertiary/aromatic N) is 5. The van der Waals surface area contributed by atoms with Gasteiger partial charge in [0.1, 0.15) is 0 Å². The van der Waals surface area contributed by atoms with Crippen LogP contribution in [0.4, 0.5) is 28.4 Å². The van der Waals surface area contributed by atoms with Crippen molar-refractivity contribution in [3.05, 3.63) is 175 Å². The van der Waals surface area contributed by atoms with E-state index in [1.165, 1.54) is 33.4 Å². The summed E-state index contributed by atoms with van der Waals surface area (Å²) in [7, 11) is 0. The molecule has 0 aliphatic heterocycles. The minimum atomic E-state index is 0. The van der Waals surface area contributed by atoms with Crippen LogP contribution < -0.4 is 0 Å². The zero-order chi connectivity index (χ0) is 42.2. The van der Waals surface area contributed by atoms with Gasteiger partial charge in [-0.1, -0.05) is 200 Å². The second-order valence-electron chi connectivity index (χ2n) is 16.1. The number of hydrogen-bond acceptors (Lipinski definition) is 2. The normalized spacial score (nSPS) is 11.3. The van der Waals surface area contributed by atoms with Gasteiger partial charge in [-0.25, -0.2) is 0 Å². The Kier molecular flexibility index (Phi) is 20.4. The maximum atomic E-state index is 8.35. The second kappa shape index (κ2) is 24.0. The largest absolute Gasteiger partial charge is 0.661 e. The molecule has 0 aliphatic rings. The molecule has 0 saturated heterocycles. The van der Waals surface area contributed by atoms with Gasteiger partial charge in [0.05, 0.1) is 5.69 Å². The van der Waals surface area contributed by atoms with E-state index in [4.69, 9.17) is 15.6 Å². The number of aryl methyl sites for hydroxylation is 4. The van der Waals surface area contributed by atoms with Crippen molar-refractivity contribution in [1.29, 1.82) is 5.26 Å². The first-order valence-corrected chi connectivity index (χ1v) is 20.2. The molecule has 0 spiro atoms. The Labute approximate surface area is 363 Å². The Hall–Kier alpha value is -5.02. The molecule has 0 saturated carbocycles. The van der Waals surface area contributed by atoms with E-state index in [9.17, 15) is 0 Å². The molecule has 0 N–H and O–H groups in total. The maximum Gasteiger partial charge on any atom is 0.0701 e. The Morgan fingerprint density at radius 1 is 0.552 bits per heavy atom. The van der Waals surface area contributed by atoms with E-state index in [0.717, 1.165) is 51.0 Å². The molecule has 0 unspecified atom stereocenters. The van der Waals surface area contributed by atoms with E-state index in [1.807, 2.05) is 56.3 Å². The van der Waals surface area contributed by atoms with E-state index in [0.29, 0.717) is 23.7 Å². The van der Waals surface area contributed by atoms with Crippen LogP contribution in [-0.2, 0) is 18.6 Å². The van der Waals surface area contributed by atoms with E-state index in [2.05, 4.69) is 160 Å². The minimum Gasteiger partial charge on any atom is -0.661 e. The number of nitriles is 1. The third kappa shape index (κ3) is 15.1. The molecule has 0 heterocycles. The molecule has 58 heavy (non-hydrogen) atoms. The monoisotopic (exact) mass is 809 g/mol. The Morgan fingerprint density at radius 3 is 1.31 bits per heavy atom. The maximum absolute atomic E-state index is 8.35. The zero-order valence-electron chi connectivity index (χ0n) is 37.4. The molecule has 5 nitrogen and oxygen atoms in total. The van der Waals surface area contributed by atoms with Crippen molar-refractivity contribution < 1.29 is 18.6 Å². The van der Waals surface area contributed by atoms with Crippen LogP contribution in [0, 0.1) is 39.1 Å². The Bertz CT molecular complexity index is 2020. The van der Waals surface area contributed by atoms with Gasteiger partial charge < -0.3 is 21.2 Å². The number of rotatable bonds is 11. The van der Waals surface area contributed by atoms with Crippen LogP contribution in [0.2, 0.25) is 0 Å². The van der Waals surface area contributed by atoms with Crippen molar-refractivity contribution in [3.63, 3.8) is 0 Å². The fourth-order valence-corrected chi connectivity index (χ4v) is 6.42. The number of hydrogen-bond donors (Lipinski definition) is 0. The molecular formula is C52H64N5V-3. The van der Waals surface area contributed by atoms with Crippen LogP contribution in [0.25, 0.3) is 16.0 Å². The van der Waals surface area contributed by atoms with Gasteiger partial charge in [0.2, 0.25) is 0 Å². The predicted octanol–water partition coefficient (Wildman–Crippen LogP) is 17.3. The van der Waals surface area contributed by atoms with Crippen molar-refractivity contribution in [2.24, 2.45) is 4.99 Å². The van der Waals surface area contributed by atoms with Gasteiger partial charge in [-0.05, 0) is 86.2 Å². The molecule has 6 heteroatoms. The van der Waals surface area contributed by atoms with Gasteiger partial charge in [-0.3, -0.25) is 4.99 Å². The van der Waals surface area contributed by atoms with Gasteiger partial charge in [0, 0.05) is 24.3 Å². The SMILES string of the molecule is CC(/C=C(/C)[N-]c1c(C(C)C)cccc1C(C)C)=Nc1c(C(C)C)cccc1C(C)C.Cc1ccc([N-]c2ccc(C)cc2)cc1.Cc1cccc(C)c1[N-]C#N.[V]. The summed E-state index contributed by atoms with van der Waals surface area (Å²) in [6, 6.07) is 35.4. The van der Waals surface area contributed by atoms with E-state index < -0.39 is 0 Å². The number of para-hydroxylation sites is 3. The topological polar surface area (TPSA) is 78.5 Å². The first kappa shape index (κ1) is 49.1. The molecule has 0 atom stereocenters. The zero-order valence-corrected chi connectivity index (χ0v) is 38.8. The fourth-order valence-electron chi connectivity index (χ4n) is 6.42. The summed E-state index contributed by atoms with van der Waals surface area (Å²) >= 11 is 0. The third-order valence-corrected chi connectivity index (χ3v) is 9.61. The average molecular weight is 810 g/mol. The summed E-state index contributed by atoms with van der Waals surface area (Å²) in [4.78, 5) is 5.08. The summed E-state index contributed by atoms with van der Waals surface area (Å²) in [6.45, 7) is 30.1. The van der Waals surface area contributed by atoms with Crippen molar-refractivity contribution >= 4 is 34.1 Å². The summed E-state index contributed by atoms with van der Waals surface area (Å²) in [5.74, 6) is 1.75. The van der Waals surface area contributed by atoms with Crippen LogP contribution in [0.5, 0.6) is 0 Å². The van der Waals surface area contributed by atoms with Gasteiger partial charge in [-0.15, -0.1) is 17.1 Å². The van der Waals surface area contributed by atoms with Gasteiger partial charge >= 0.3 is 0 Å². The van der Waals surface area contributed by atoms with E-state index in [-0.39, 0.29) is 18.6 Å². The van der Waals surface area contributed by atoms with Crippen LogP contribution in [0.15, 0.2) is 120 Å². The molecule has 305 valence electrons. The Balaban J connectivity index is 0.000000352. The van der Waals surface area contributed by atoms with Crippen LogP contribution >= 0.6 is 0 Å². The molecule has 5 rings (SSSR count). The summed E-state index contributed by atoms with van der Waals surface area (Å²) in [5.41, 5.74) is 16.9. The summed E-state index contributed by atoms with van der Waals surface area (Å²) in [5, 5.41) is 21.7. The van der Waals surface area contributed by atoms with E-state index >= 15 is 0 Å². The predicted molar refractivity (Wildman–Crippen MR) is 248 cm³/mol. The van der Waals surface area contributed by atoms with Crippen molar-refractivity contribution in [3.8, 4) is 6.19 Å². The molecular weight excluding hydrogens is 746 g/mol. The van der Waals surface area contributed by atoms with Crippen LogP contribution in [-0.4, -0.2) is 5.71 Å². The van der Waals surface area contributed by atoms with Crippen molar-refractivity contribution in [1.82, 2.24) is 0 Å². The van der Waals surface area contributed by atoms with Gasteiger partial charge in [0.15, 0.2) is 0 Å². The molecule has 1 radical (unpaired) electrons. The molecule has 0 aromatic heterocycles. The second-order valence-corrected chi connectivity index (χ2v) is 16.1. The average Bonchev–Trinajstić information content (AvgIpc) is 3.15. The van der Waals surface area contributed by atoms with Gasteiger partial charge in [0.25, 0.3) is 0 Å². The van der Waals surface area contributed by atoms with Crippen LogP contribution in [0.3, 0.4) is 0 Å². The van der Waals surface area contributed by atoms with Crippen molar-refractivity contribution in [2.75, 3.05) is 0 Å². The minimum absolute atomic E-state index is 0. The Morgan fingerprint density at radius 2 is 0.931 bits per heavy atom. The third-order valence-electron chi connectivity index (χ3n) is 9.61. The standard InChI is InChI=1S/C29H41N2.C14H14N.C9H9N2.V/c1-18(2)24-13-11-14-25(19(3)4)28(24)30-22(9)17-23(10)31-29-26(20(5)6)15-12-16-27(29)21(7)8;1-11-3-7-13(8-4-11)15-14-9-5-12(2)6-10-14;1-7-4-3-5-8(2)9(7)11-6-10;/h11-21H,1-10H3;3-10H,1-2H3;3-5H,1-2H3;/q3*-1;/b22-17-,31-23?;;;. The molecule has 5 aromatic carbocycles. The first-order valence-electron chi connectivity index (χ1n) is 20.2. The van der Waals surface area contributed by atoms with Crippen LogP contribution in [0.1, 0.15) is 137 Å². The number of allylic oxidation sites excluding steroid dienone is 2. The molecule has 0 aliphatic carbocycles. The first-order chi connectivity index (χ1) is 27.0. The molecule has 0 bridgehead atoms. The van der Waals surface area contributed by atoms with Gasteiger partial charge in [-0.2, -0.15) is 5.70 Å². The number of aliphatic imine (C=N–C) groups is 1. The molecule has 5 aromatic rings. The molecule has 0 amide bonds.